The Hall–Kier alpha value is -2.89. The van der Waals surface area contributed by atoms with Gasteiger partial charge in [-0.25, -0.2) is 0 Å². The molecule has 0 saturated carbocycles. The van der Waals surface area contributed by atoms with Crippen molar-refractivity contribution in [2.45, 2.75) is 19.9 Å². The second-order valence-corrected chi connectivity index (χ2v) is 6.90. The zero-order valence-electron chi connectivity index (χ0n) is 17.3. The molecule has 1 aliphatic carbocycles. The standard InChI is InChI=1S/C23H31N5/c1-17(8-6-7-15-25-4)19(3)27-28(5)22-12-9-20(10-13-22)26-21-11-14-23(24)18(2)16-21/h6-16,18,23,25-26H,1,24H2,2-5H3/p+1. The Balaban J connectivity index is 1.99. The molecule has 0 saturated heterocycles. The fourth-order valence-electron chi connectivity index (χ4n) is 2.66. The molecule has 0 aromatic heterocycles. The minimum Gasteiger partial charge on any atom is -0.356 e. The van der Waals surface area contributed by atoms with Crippen molar-refractivity contribution in [3.8, 4) is 0 Å². The molecule has 5 nitrogen and oxygen atoms in total. The quantitative estimate of drug-likeness (QED) is 0.370. The van der Waals surface area contributed by atoms with E-state index in [1.807, 2.05) is 92.2 Å². The number of benzene rings is 1. The normalized spacial score (nSPS) is 19.9. The maximum Gasteiger partial charge on any atom is 0.0923 e. The van der Waals surface area contributed by atoms with Crippen LogP contribution in [0.5, 0.6) is 0 Å². The van der Waals surface area contributed by atoms with Gasteiger partial charge >= 0.3 is 0 Å². The van der Waals surface area contributed by atoms with Gasteiger partial charge < -0.3 is 16.4 Å². The highest BCUT2D eigenvalue weighted by molar-refractivity contribution is 6.00. The lowest BCUT2D eigenvalue weighted by Crippen LogP contribution is -2.72. The Morgan fingerprint density at radius 3 is 2.64 bits per heavy atom. The summed E-state index contributed by atoms with van der Waals surface area (Å²) in [6.07, 6.45) is 14.1. The van der Waals surface area contributed by atoms with E-state index in [2.05, 4.69) is 30.0 Å². The van der Waals surface area contributed by atoms with Crippen LogP contribution in [0.15, 0.2) is 89.9 Å². The van der Waals surface area contributed by atoms with Crippen LogP contribution in [-0.2, 0) is 0 Å². The Morgan fingerprint density at radius 2 is 2.00 bits per heavy atom. The van der Waals surface area contributed by atoms with E-state index in [0.29, 0.717) is 5.92 Å². The summed E-state index contributed by atoms with van der Waals surface area (Å²) in [6, 6.07) is 8.27. The summed E-state index contributed by atoms with van der Waals surface area (Å²) >= 11 is 0. The molecule has 1 aromatic rings. The highest BCUT2D eigenvalue weighted by Gasteiger charge is 2.12. The summed E-state index contributed by atoms with van der Waals surface area (Å²) < 4.78 is 0. The molecule has 0 bridgehead atoms. The molecule has 2 rings (SSSR count). The number of nitrogens with zero attached hydrogens (tertiary/aromatic N) is 2. The van der Waals surface area contributed by atoms with Gasteiger partial charge in [-0.05, 0) is 54.8 Å². The van der Waals surface area contributed by atoms with Crippen LogP contribution in [0.3, 0.4) is 0 Å². The second kappa shape index (κ2) is 10.4. The third kappa shape index (κ3) is 6.37. The number of hydrazone groups is 1. The Bertz CT molecular complexity index is 812. The van der Waals surface area contributed by atoms with E-state index in [1.165, 1.54) is 0 Å². The average molecular weight is 379 g/mol. The number of rotatable bonds is 8. The van der Waals surface area contributed by atoms with Crippen molar-refractivity contribution in [2.24, 2.45) is 16.8 Å². The lowest BCUT2D eigenvalue weighted by Gasteiger charge is -2.20. The van der Waals surface area contributed by atoms with Gasteiger partial charge in [-0.15, -0.1) is 0 Å². The van der Waals surface area contributed by atoms with Crippen molar-refractivity contribution in [1.29, 1.82) is 0 Å². The molecule has 5 heteroatoms. The fraction of sp³-hybridized carbons (Fsp3) is 0.261. The minimum absolute atomic E-state index is 0.0910. The summed E-state index contributed by atoms with van der Waals surface area (Å²) in [5.74, 6) is 0.327. The van der Waals surface area contributed by atoms with Gasteiger partial charge in [0.25, 0.3) is 0 Å². The van der Waals surface area contributed by atoms with Crippen LogP contribution in [-0.4, -0.2) is 25.8 Å². The molecule has 1 aliphatic rings. The van der Waals surface area contributed by atoms with Gasteiger partial charge in [0.1, 0.15) is 0 Å². The van der Waals surface area contributed by atoms with Crippen molar-refractivity contribution in [3.05, 3.63) is 84.8 Å². The van der Waals surface area contributed by atoms with E-state index in [4.69, 9.17) is 5.73 Å². The Morgan fingerprint density at radius 1 is 1.29 bits per heavy atom. The first-order valence-corrected chi connectivity index (χ1v) is 9.54. The van der Waals surface area contributed by atoms with E-state index in [-0.39, 0.29) is 6.04 Å². The van der Waals surface area contributed by atoms with E-state index >= 15 is 0 Å². The zero-order valence-corrected chi connectivity index (χ0v) is 17.3. The smallest absolute Gasteiger partial charge is 0.0923 e. The van der Waals surface area contributed by atoms with Gasteiger partial charge in [-0.1, -0.05) is 37.8 Å². The number of hydrogen-bond acceptors (Lipinski definition) is 4. The first kappa shape index (κ1) is 21.4. The number of allylic oxidation sites excluding steroid dienone is 5. The van der Waals surface area contributed by atoms with Crippen LogP contribution in [0.25, 0.3) is 0 Å². The maximum absolute atomic E-state index is 6.00. The average Bonchev–Trinajstić information content (AvgIpc) is 2.68. The van der Waals surface area contributed by atoms with Gasteiger partial charge in [-0.2, -0.15) is 5.10 Å². The van der Waals surface area contributed by atoms with Crippen LogP contribution in [0.2, 0.25) is 0 Å². The molecule has 0 fully saturated rings. The third-order valence-electron chi connectivity index (χ3n) is 4.55. The van der Waals surface area contributed by atoms with Crippen molar-refractivity contribution in [1.82, 2.24) is 0 Å². The van der Waals surface area contributed by atoms with E-state index < -0.39 is 0 Å². The highest BCUT2D eigenvalue weighted by Crippen LogP contribution is 2.21. The summed E-state index contributed by atoms with van der Waals surface area (Å²) in [7, 11) is 3.92. The molecular weight excluding hydrogens is 346 g/mol. The van der Waals surface area contributed by atoms with Gasteiger partial charge in [0.05, 0.1) is 24.6 Å². The minimum atomic E-state index is 0.0910. The molecule has 0 heterocycles. The third-order valence-corrected chi connectivity index (χ3v) is 4.55. The van der Waals surface area contributed by atoms with Crippen molar-refractivity contribution in [2.75, 3.05) is 24.4 Å². The summed E-state index contributed by atoms with van der Waals surface area (Å²) in [4.78, 5) is 0. The molecule has 1 aromatic carbocycles. The van der Waals surface area contributed by atoms with Gasteiger partial charge in [0.2, 0.25) is 0 Å². The first-order chi connectivity index (χ1) is 13.4. The molecule has 0 spiro atoms. The molecule has 0 aliphatic heterocycles. The molecule has 28 heavy (non-hydrogen) atoms. The van der Waals surface area contributed by atoms with Gasteiger partial charge in [0, 0.05) is 24.5 Å². The lowest BCUT2D eigenvalue weighted by atomic mass is 9.96. The topological polar surface area (TPSA) is 70.3 Å². The van der Waals surface area contributed by atoms with E-state index in [1.54, 1.807) is 0 Å². The van der Waals surface area contributed by atoms with Gasteiger partial charge in [0.15, 0.2) is 0 Å². The summed E-state index contributed by atoms with van der Waals surface area (Å²) in [5.41, 5.74) is 10.9. The molecule has 2 unspecified atom stereocenters. The number of nitrogens with one attached hydrogen (secondary N) is 1. The first-order valence-electron chi connectivity index (χ1n) is 9.54. The highest BCUT2D eigenvalue weighted by atomic mass is 15.4. The van der Waals surface area contributed by atoms with E-state index in [9.17, 15) is 0 Å². The van der Waals surface area contributed by atoms with Crippen LogP contribution in [0.4, 0.5) is 11.4 Å². The van der Waals surface area contributed by atoms with Crippen LogP contribution in [0, 0.1) is 5.92 Å². The fourth-order valence-corrected chi connectivity index (χ4v) is 2.66. The van der Waals surface area contributed by atoms with Crippen LogP contribution >= 0.6 is 0 Å². The predicted molar refractivity (Wildman–Crippen MR) is 121 cm³/mol. The number of nitrogens with two attached hydrogens (primary N) is 2. The maximum atomic E-state index is 6.00. The Labute approximate surface area is 168 Å². The largest absolute Gasteiger partial charge is 0.356 e. The summed E-state index contributed by atoms with van der Waals surface area (Å²) in [6.45, 7) is 8.15. The zero-order chi connectivity index (χ0) is 20.5. The monoisotopic (exact) mass is 378 g/mol. The van der Waals surface area contributed by atoms with E-state index in [0.717, 1.165) is 28.4 Å². The SMILES string of the molecule is C=C(C=CC=C[NH2+]C)C(C)=NN(C)c1ccc(NC2=CC(C)C(N)C=C2)cc1. The number of hydrogen-bond donors (Lipinski definition) is 3. The molecule has 5 N–H and O–H groups in total. The molecule has 148 valence electrons. The van der Waals surface area contributed by atoms with Crippen molar-refractivity contribution in [3.63, 3.8) is 0 Å². The van der Waals surface area contributed by atoms with Crippen molar-refractivity contribution < 1.29 is 5.32 Å². The summed E-state index contributed by atoms with van der Waals surface area (Å²) in [5, 5.41) is 11.9. The van der Waals surface area contributed by atoms with Crippen LogP contribution in [0.1, 0.15) is 13.8 Å². The predicted octanol–water partition coefficient (Wildman–Crippen LogP) is 3.15. The molecule has 0 amide bonds. The van der Waals surface area contributed by atoms with Gasteiger partial charge in [-0.3, -0.25) is 5.01 Å². The molecule has 0 radical (unpaired) electrons. The molecule has 2 atom stereocenters. The molecular formula is C23H32N5+. The Kier molecular flexibility index (Phi) is 7.99. The second-order valence-electron chi connectivity index (χ2n) is 6.90. The number of quaternary nitrogens is 1. The van der Waals surface area contributed by atoms with Crippen LogP contribution < -0.4 is 21.4 Å². The number of anilines is 2. The lowest BCUT2D eigenvalue weighted by molar-refractivity contribution is -0.556. The van der Waals surface area contributed by atoms with Crippen molar-refractivity contribution >= 4 is 17.1 Å².